The average Bonchev–Trinajstić information content (AvgIpc) is 3.27. The highest BCUT2D eigenvalue weighted by atomic mass is 79.9. The zero-order valence-electron chi connectivity index (χ0n) is 18.7. The maximum Gasteiger partial charge on any atom is 0.270 e. The molecule has 0 aliphatic heterocycles. The van der Waals surface area contributed by atoms with E-state index in [1.165, 1.54) is 24.3 Å². The first-order chi connectivity index (χ1) is 16.1. The van der Waals surface area contributed by atoms with Crippen molar-refractivity contribution >= 4 is 50.9 Å². The van der Waals surface area contributed by atoms with E-state index in [4.69, 9.17) is 0 Å². The molecule has 0 saturated carbocycles. The Kier molecular flexibility index (Phi) is 8.40. The van der Waals surface area contributed by atoms with Gasteiger partial charge in [0, 0.05) is 27.9 Å². The molecule has 0 fully saturated rings. The SMILES string of the molecule is Cc1cc(NC(=O)CSc2n[nH]c([C@H](NC(=O)c3cccc([N+](=O)[O-])c3)C(C)C)n2)ccc1Br. The van der Waals surface area contributed by atoms with Gasteiger partial charge in [-0.2, -0.15) is 0 Å². The molecule has 1 heterocycles. The summed E-state index contributed by atoms with van der Waals surface area (Å²) in [5, 5.41) is 24.0. The summed E-state index contributed by atoms with van der Waals surface area (Å²) in [5.74, 6) is -0.161. The van der Waals surface area contributed by atoms with Crippen molar-refractivity contribution in [1.82, 2.24) is 20.5 Å². The van der Waals surface area contributed by atoms with Gasteiger partial charge in [-0.1, -0.05) is 47.6 Å². The molecule has 2 amide bonds. The van der Waals surface area contributed by atoms with Gasteiger partial charge in [-0.15, -0.1) is 5.10 Å². The van der Waals surface area contributed by atoms with Crippen molar-refractivity contribution in [2.45, 2.75) is 32.0 Å². The highest BCUT2D eigenvalue weighted by Crippen LogP contribution is 2.23. The van der Waals surface area contributed by atoms with Gasteiger partial charge in [0.05, 0.1) is 16.7 Å². The predicted octanol–water partition coefficient (Wildman–Crippen LogP) is 4.64. The van der Waals surface area contributed by atoms with Gasteiger partial charge in [0.25, 0.3) is 11.6 Å². The second-order valence-electron chi connectivity index (χ2n) is 7.81. The van der Waals surface area contributed by atoms with E-state index in [0.717, 1.165) is 21.8 Å². The maximum absolute atomic E-state index is 12.7. The van der Waals surface area contributed by atoms with E-state index in [9.17, 15) is 19.7 Å². The molecular weight excluding hydrogens is 524 g/mol. The third kappa shape index (κ3) is 6.64. The second kappa shape index (κ2) is 11.3. The van der Waals surface area contributed by atoms with Crippen LogP contribution in [0.1, 0.15) is 41.6 Å². The minimum Gasteiger partial charge on any atom is -0.342 e. The predicted molar refractivity (Wildman–Crippen MR) is 133 cm³/mol. The number of aromatic nitrogens is 3. The van der Waals surface area contributed by atoms with Gasteiger partial charge >= 0.3 is 0 Å². The van der Waals surface area contributed by atoms with Crippen LogP contribution in [0, 0.1) is 23.0 Å². The van der Waals surface area contributed by atoms with Crippen LogP contribution in [0.3, 0.4) is 0 Å². The van der Waals surface area contributed by atoms with E-state index in [-0.39, 0.29) is 28.8 Å². The number of amides is 2. The summed E-state index contributed by atoms with van der Waals surface area (Å²) >= 11 is 4.59. The lowest BCUT2D eigenvalue weighted by Crippen LogP contribution is -2.32. The lowest BCUT2D eigenvalue weighted by Gasteiger charge is -2.19. The van der Waals surface area contributed by atoms with Crippen LogP contribution in [0.25, 0.3) is 0 Å². The lowest BCUT2D eigenvalue weighted by molar-refractivity contribution is -0.384. The van der Waals surface area contributed by atoms with Gasteiger partial charge in [0.2, 0.25) is 11.1 Å². The molecule has 1 atom stereocenters. The number of anilines is 1. The number of thioether (sulfide) groups is 1. The van der Waals surface area contributed by atoms with Crippen LogP contribution in [0.4, 0.5) is 11.4 Å². The molecule has 12 heteroatoms. The molecule has 0 unspecified atom stereocenters. The van der Waals surface area contributed by atoms with Crippen molar-refractivity contribution in [3.8, 4) is 0 Å². The van der Waals surface area contributed by atoms with Crippen LogP contribution in [0.2, 0.25) is 0 Å². The summed E-state index contributed by atoms with van der Waals surface area (Å²) in [5.41, 5.74) is 1.72. The fourth-order valence-electron chi connectivity index (χ4n) is 3.05. The van der Waals surface area contributed by atoms with E-state index in [1.807, 2.05) is 39.0 Å². The molecule has 178 valence electrons. The van der Waals surface area contributed by atoms with Crippen molar-refractivity contribution in [3.63, 3.8) is 0 Å². The van der Waals surface area contributed by atoms with Crippen molar-refractivity contribution in [3.05, 3.63) is 74.0 Å². The number of halogens is 1. The zero-order chi connectivity index (χ0) is 24.8. The minimum absolute atomic E-state index is 0.0441. The minimum atomic E-state index is -0.551. The molecule has 0 radical (unpaired) electrons. The highest BCUT2D eigenvalue weighted by molar-refractivity contribution is 9.10. The van der Waals surface area contributed by atoms with Crippen LogP contribution < -0.4 is 10.6 Å². The fraction of sp³-hybridized carbons (Fsp3) is 0.273. The van der Waals surface area contributed by atoms with Gasteiger partial charge in [0.15, 0.2) is 0 Å². The van der Waals surface area contributed by atoms with Crippen LogP contribution in [0.5, 0.6) is 0 Å². The summed E-state index contributed by atoms with van der Waals surface area (Å²) < 4.78 is 0.963. The van der Waals surface area contributed by atoms with E-state index in [1.54, 1.807) is 0 Å². The Morgan fingerprint density at radius 1 is 1.24 bits per heavy atom. The maximum atomic E-state index is 12.7. The summed E-state index contributed by atoms with van der Waals surface area (Å²) in [7, 11) is 0. The quantitative estimate of drug-likeness (QED) is 0.201. The number of carbonyl (C=O) groups excluding carboxylic acids is 2. The summed E-state index contributed by atoms with van der Waals surface area (Å²) in [6.07, 6.45) is 0. The first kappa shape index (κ1) is 25.4. The first-order valence-corrected chi connectivity index (χ1v) is 12.1. The number of rotatable bonds is 9. The lowest BCUT2D eigenvalue weighted by atomic mass is 10.0. The number of nitro benzene ring substituents is 1. The third-order valence-corrected chi connectivity index (χ3v) is 6.56. The Balaban J connectivity index is 1.62. The number of carbonyl (C=O) groups is 2. The number of hydrogen-bond donors (Lipinski definition) is 3. The average molecular weight is 547 g/mol. The number of aryl methyl sites for hydroxylation is 1. The number of nitrogens with zero attached hydrogens (tertiary/aromatic N) is 3. The van der Waals surface area contributed by atoms with Gasteiger partial charge < -0.3 is 10.6 Å². The number of non-ortho nitro benzene ring substituents is 1. The number of benzene rings is 2. The molecule has 0 aliphatic rings. The molecule has 0 aliphatic carbocycles. The van der Waals surface area contributed by atoms with E-state index < -0.39 is 16.9 Å². The van der Waals surface area contributed by atoms with E-state index in [0.29, 0.717) is 16.7 Å². The molecule has 10 nitrogen and oxygen atoms in total. The van der Waals surface area contributed by atoms with Gasteiger partial charge in [-0.3, -0.25) is 24.8 Å². The number of aromatic amines is 1. The number of H-pyrrole nitrogens is 1. The Bertz CT molecular complexity index is 1220. The Morgan fingerprint density at radius 2 is 2.00 bits per heavy atom. The normalized spacial score (nSPS) is 11.8. The molecule has 0 saturated heterocycles. The first-order valence-electron chi connectivity index (χ1n) is 10.3. The molecule has 0 bridgehead atoms. The van der Waals surface area contributed by atoms with Crippen LogP contribution in [0.15, 0.2) is 52.1 Å². The second-order valence-corrected chi connectivity index (χ2v) is 9.60. The molecule has 0 spiro atoms. The third-order valence-electron chi connectivity index (χ3n) is 4.82. The molecule has 1 aromatic heterocycles. The van der Waals surface area contributed by atoms with Crippen molar-refractivity contribution in [2.24, 2.45) is 5.92 Å². The standard InChI is InChI=1S/C22H23BrN6O4S/c1-12(2)19(25-21(31)14-5-4-6-16(10-14)29(32)33)20-26-22(28-27-20)34-11-18(30)24-15-7-8-17(23)13(3)9-15/h4-10,12,19H,11H2,1-3H3,(H,24,30)(H,25,31)(H,26,27,28)/t19-/m1/s1. The molecule has 3 aromatic rings. The Labute approximate surface area is 208 Å². The summed E-state index contributed by atoms with van der Waals surface area (Å²) in [4.78, 5) is 39.8. The van der Waals surface area contributed by atoms with Gasteiger partial charge in [-0.05, 0) is 42.7 Å². The molecule has 3 rings (SSSR count). The van der Waals surface area contributed by atoms with Gasteiger partial charge in [0.1, 0.15) is 5.82 Å². The zero-order valence-corrected chi connectivity index (χ0v) is 21.1. The van der Waals surface area contributed by atoms with Crippen molar-refractivity contribution in [2.75, 3.05) is 11.1 Å². The number of hydrogen-bond acceptors (Lipinski definition) is 7. The molecule has 34 heavy (non-hydrogen) atoms. The Morgan fingerprint density at radius 3 is 2.68 bits per heavy atom. The highest BCUT2D eigenvalue weighted by Gasteiger charge is 2.24. The smallest absolute Gasteiger partial charge is 0.270 e. The molecule has 3 N–H and O–H groups in total. The van der Waals surface area contributed by atoms with Crippen LogP contribution >= 0.6 is 27.7 Å². The van der Waals surface area contributed by atoms with Crippen LogP contribution in [-0.4, -0.2) is 37.7 Å². The molecular formula is C22H23BrN6O4S. The molecule has 2 aromatic carbocycles. The van der Waals surface area contributed by atoms with E-state index >= 15 is 0 Å². The van der Waals surface area contributed by atoms with E-state index in [2.05, 4.69) is 41.7 Å². The van der Waals surface area contributed by atoms with Gasteiger partial charge in [-0.25, -0.2) is 4.98 Å². The van der Waals surface area contributed by atoms with Crippen molar-refractivity contribution in [1.29, 1.82) is 0 Å². The Hall–Kier alpha value is -3.25. The van der Waals surface area contributed by atoms with Crippen LogP contribution in [-0.2, 0) is 4.79 Å². The van der Waals surface area contributed by atoms with Crippen molar-refractivity contribution < 1.29 is 14.5 Å². The number of nitro groups is 1. The monoisotopic (exact) mass is 546 g/mol. The number of nitrogens with one attached hydrogen (secondary N) is 3. The fourth-order valence-corrected chi connectivity index (χ4v) is 3.90. The topological polar surface area (TPSA) is 143 Å². The summed E-state index contributed by atoms with van der Waals surface area (Å²) in [6.45, 7) is 5.75. The largest absolute Gasteiger partial charge is 0.342 e. The summed E-state index contributed by atoms with van der Waals surface area (Å²) in [6, 6.07) is 10.6.